The van der Waals surface area contributed by atoms with E-state index in [0.29, 0.717) is 37.8 Å². The van der Waals surface area contributed by atoms with Crippen molar-refractivity contribution >= 4 is 16.2 Å². The van der Waals surface area contributed by atoms with Crippen LogP contribution in [0.15, 0.2) is 0 Å². The van der Waals surface area contributed by atoms with Crippen molar-refractivity contribution < 1.29 is 18.3 Å². The summed E-state index contributed by atoms with van der Waals surface area (Å²) in [5.41, 5.74) is -1.30. The van der Waals surface area contributed by atoms with Crippen molar-refractivity contribution in [2.24, 2.45) is 11.8 Å². The fraction of sp³-hybridized carbons (Fsp3) is 0.923. The molecule has 1 aliphatic carbocycles. The van der Waals surface area contributed by atoms with Crippen molar-refractivity contribution in [3.05, 3.63) is 0 Å². The van der Waals surface area contributed by atoms with E-state index in [9.17, 15) is 18.3 Å². The maximum atomic E-state index is 12.5. The van der Waals surface area contributed by atoms with Gasteiger partial charge in [0.15, 0.2) is 0 Å². The molecule has 1 aliphatic heterocycles. The van der Waals surface area contributed by atoms with E-state index in [2.05, 4.69) is 4.72 Å². The molecule has 1 heterocycles. The fourth-order valence-electron chi connectivity index (χ4n) is 3.45. The van der Waals surface area contributed by atoms with Gasteiger partial charge < -0.3 is 5.11 Å². The Morgan fingerprint density at radius 3 is 2.15 bits per heavy atom. The van der Waals surface area contributed by atoms with Gasteiger partial charge >= 0.3 is 5.97 Å². The maximum Gasteiger partial charge on any atom is 0.324 e. The number of carboxylic acid groups (broad SMARTS) is 1. The van der Waals surface area contributed by atoms with Gasteiger partial charge in [-0.3, -0.25) is 4.79 Å². The molecule has 0 aromatic rings. The molecule has 0 aromatic heterocycles. The molecule has 0 amide bonds. The number of hydrogen-bond acceptors (Lipinski definition) is 3. The first-order chi connectivity index (χ1) is 9.25. The Morgan fingerprint density at radius 1 is 1.20 bits per heavy atom. The molecule has 2 unspecified atom stereocenters. The molecule has 0 aromatic carbocycles. The summed E-state index contributed by atoms with van der Waals surface area (Å²) in [6, 6.07) is 0. The molecule has 0 radical (unpaired) electrons. The van der Waals surface area contributed by atoms with Crippen molar-refractivity contribution in [1.29, 1.82) is 0 Å². The molecule has 2 fully saturated rings. The second kappa shape index (κ2) is 5.61. The Hall–Kier alpha value is -0.660. The Kier molecular flexibility index (Phi) is 4.41. The first kappa shape index (κ1) is 15.7. The van der Waals surface area contributed by atoms with Crippen LogP contribution in [0.1, 0.15) is 46.0 Å². The van der Waals surface area contributed by atoms with Gasteiger partial charge in [-0.25, -0.2) is 0 Å². The van der Waals surface area contributed by atoms with E-state index in [1.165, 1.54) is 4.31 Å². The zero-order chi connectivity index (χ0) is 15.0. The van der Waals surface area contributed by atoms with Crippen molar-refractivity contribution in [2.75, 3.05) is 13.1 Å². The monoisotopic (exact) mass is 304 g/mol. The third kappa shape index (κ3) is 3.15. The minimum Gasteiger partial charge on any atom is -0.480 e. The lowest BCUT2D eigenvalue weighted by Crippen LogP contribution is -2.58. The Bertz CT molecular complexity index is 461. The average molecular weight is 304 g/mol. The van der Waals surface area contributed by atoms with Gasteiger partial charge in [0, 0.05) is 13.1 Å². The number of nitrogens with one attached hydrogen (secondary N) is 1. The summed E-state index contributed by atoms with van der Waals surface area (Å²) in [4.78, 5) is 11.5. The van der Waals surface area contributed by atoms with Crippen LogP contribution in [-0.2, 0) is 15.0 Å². The molecule has 7 heteroatoms. The van der Waals surface area contributed by atoms with E-state index < -0.39 is 21.7 Å². The molecule has 2 N–H and O–H groups in total. The molecule has 0 spiro atoms. The van der Waals surface area contributed by atoms with Crippen LogP contribution < -0.4 is 4.72 Å². The fourth-order valence-corrected chi connectivity index (χ4v) is 5.27. The van der Waals surface area contributed by atoms with Gasteiger partial charge in [-0.2, -0.15) is 17.4 Å². The zero-order valence-electron chi connectivity index (χ0n) is 12.1. The number of carboxylic acids is 1. The van der Waals surface area contributed by atoms with E-state index in [0.717, 1.165) is 19.3 Å². The molecule has 20 heavy (non-hydrogen) atoms. The van der Waals surface area contributed by atoms with E-state index in [1.54, 1.807) is 0 Å². The first-order valence-corrected chi connectivity index (χ1v) is 8.72. The Morgan fingerprint density at radius 2 is 1.70 bits per heavy atom. The normalized spacial score (nSPS) is 31.3. The molecule has 2 atom stereocenters. The highest BCUT2D eigenvalue weighted by Crippen LogP contribution is 2.32. The average Bonchev–Trinajstić information content (AvgIpc) is 2.76. The van der Waals surface area contributed by atoms with Gasteiger partial charge in [0.2, 0.25) is 0 Å². The standard InChI is InChI=1S/C13H24N2O4S/c1-10-7-11(2)9-15(8-10)20(18,19)14-13(12(16)17)5-3-4-6-13/h10-11,14H,3-9H2,1-2H3,(H,16,17). The van der Waals surface area contributed by atoms with E-state index in [4.69, 9.17) is 0 Å². The van der Waals surface area contributed by atoms with Crippen LogP contribution in [0.25, 0.3) is 0 Å². The summed E-state index contributed by atoms with van der Waals surface area (Å²) < 4.78 is 28.9. The van der Waals surface area contributed by atoms with Crippen LogP contribution in [0.3, 0.4) is 0 Å². The summed E-state index contributed by atoms with van der Waals surface area (Å²) in [5.74, 6) is -0.448. The number of piperidine rings is 1. The topological polar surface area (TPSA) is 86.7 Å². The smallest absolute Gasteiger partial charge is 0.324 e. The number of aliphatic carboxylic acids is 1. The van der Waals surface area contributed by atoms with Gasteiger partial charge in [-0.05, 0) is 31.1 Å². The van der Waals surface area contributed by atoms with Crippen LogP contribution in [-0.4, -0.2) is 42.4 Å². The number of rotatable bonds is 4. The predicted molar refractivity (Wildman–Crippen MR) is 75.4 cm³/mol. The first-order valence-electron chi connectivity index (χ1n) is 7.28. The van der Waals surface area contributed by atoms with Crippen molar-refractivity contribution in [2.45, 2.75) is 51.5 Å². The van der Waals surface area contributed by atoms with Crippen molar-refractivity contribution in [3.8, 4) is 0 Å². The number of hydrogen-bond donors (Lipinski definition) is 2. The van der Waals surface area contributed by atoms with Crippen molar-refractivity contribution in [3.63, 3.8) is 0 Å². The molecular formula is C13H24N2O4S. The largest absolute Gasteiger partial charge is 0.480 e. The zero-order valence-corrected chi connectivity index (χ0v) is 12.9. The predicted octanol–water partition coefficient (Wildman–Crippen LogP) is 1.20. The maximum absolute atomic E-state index is 12.5. The lowest BCUT2D eigenvalue weighted by Gasteiger charge is -2.36. The van der Waals surface area contributed by atoms with Crippen LogP contribution in [0.4, 0.5) is 0 Å². The van der Waals surface area contributed by atoms with Crippen LogP contribution in [0.5, 0.6) is 0 Å². The van der Waals surface area contributed by atoms with Crippen LogP contribution in [0, 0.1) is 11.8 Å². The Balaban J connectivity index is 2.16. The minimum atomic E-state index is -3.73. The van der Waals surface area contributed by atoms with Crippen LogP contribution in [0.2, 0.25) is 0 Å². The van der Waals surface area contributed by atoms with Gasteiger partial charge in [-0.15, -0.1) is 0 Å². The minimum absolute atomic E-state index is 0.305. The van der Waals surface area contributed by atoms with Gasteiger partial charge in [-0.1, -0.05) is 26.7 Å². The second-order valence-electron chi connectivity index (χ2n) is 6.46. The molecule has 116 valence electrons. The van der Waals surface area contributed by atoms with E-state index >= 15 is 0 Å². The summed E-state index contributed by atoms with van der Waals surface area (Å²) in [6.07, 6.45) is 3.26. The molecule has 0 bridgehead atoms. The summed E-state index contributed by atoms with van der Waals surface area (Å²) in [7, 11) is -3.73. The SMILES string of the molecule is CC1CC(C)CN(S(=O)(=O)NC2(C(=O)O)CCCC2)C1. The Labute approximate surface area is 120 Å². The van der Waals surface area contributed by atoms with Gasteiger partial charge in [0.05, 0.1) is 0 Å². The van der Waals surface area contributed by atoms with Gasteiger partial charge in [0.25, 0.3) is 10.2 Å². The summed E-state index contributed by atoms with van der Waals surface area (Å²) >= 11 is 0. The molecule has 2 rings (SSSR count). The molecular weight excluding hydrogens is 280 g/mol. The van der Waals surface area contributed by atoms with E-state index in [1.807, 2.05) is 13.8 Å². The third-order valence-corrected chi connectivity index (χ3v) is 5.99. The van der Waals surface area contributed by atoms with Crippen LogP contribution >= 0.6 is 0 Å². The molecule has 6 nitrogen and oxygen atoms in total. The highest BCUT2D eigenvalue weighted by atomic mass is 32.2. The van der Waals surface area contributed by atoms with E-state index in [-0.39, 0.29) is 0 Å². The van der Waals surface area contributed by atoms with Gasteiger partial charge in [0.1, 0.15) is 5.54 Å². The molecule has 1 saturated carbocycles. The quantitative estimate of drug-likeness (QED) is 0.817. The second-order valence-corrected chi connectivity index (χ2v) is 8.14. The third-order valence-electron chi connectivity index (χ3n) is 4.37. The lowest BCUT2D eigenvalue weighted by molar-refractivity contribution is -0.143. The highest BCUT2D eigenvalue weighted by molar-refractivity contribution is 7.87. The lowest BCUT2D eigenvalue weighted by atomic mass is 9.94. The molecule has 1 saturated heterocycles. The highest BCUT2D eigenvalue weighted by Gasteiger charge is 2.46. The number of carbonyl (C=O) groups is 1. The molecule has 2 aliphatic rings. The summed E-state index contributed by atoms with van der Waals surface area (Å²) in [5, 5.41) is 9.38. The summed E-state index contributed by atoms with van der Waals surface area (Å²) in [6.45, 7) is 4.99. The van der Waals surface area contributed by atoms with Crippen molar-refractivity contribution in [1.82, 2.24) is 9.03 Å². The number of nitrogens with zero attached hydrogens (tertiary/aromatic N) is 1.